The van der Waals surface area contributed by atoms with Gasteiger partial charge in [-0.25, -0.2) is 4.79 Å². The van der Waals surface area contributed by atoms with Crippen LogP contribution in [0.2, 0.25) is 0 Å². The van der Waals surface area contributed by atoms with Crippen molar-refractivity contribution in [2.24, 2.45) is 0 Å². The molecule has 0 aliphatic carbocycles. The number of ether oxygens (including phenoxy) is 2. The van der Waals surface area contributed by atoms with Gasteiger partial charge >= 0.3 is 5.97 Å². The van der Waals surface area contributed by atoms with Crippen LogP contribution in [0.25, 0.3) is 0 Å². The Labute approximate surface area is 108 Å². The van der Waals surface area contributed by atoms with Crippen molar-refractivity contribution >= 4 is 29.2 Å². The average molecular weight is 277 g/mol. The molecule has 0 saturated heterocycles. The van der Waals surface area contributed by atoms with Gasteiger partial charge in [0, 0.05) is 5.56 Å². The second-order valence-corrected chi connectivity index (χ2v) is 4.80. The Kier molecular flexibility index (Phi) is 3.47. The SMILES string of the molecule is CC1Oc2ccc(C(=O)O)cc2C(C(Cl)Cl)O1. The van der Waals surface area contributed by atoms with Crippen LogP contribution < -0.4 is 4.74 Å². The van der Waals surface area contributed by atoms with Crippen LogP contribution >= 0.6 is 23.2 Å². The average Bonchev–Trinajstić information content (AvgIpc) is 2.26. The Bertz CT molecular complexity index is 447. The number of carboxylic acids is 1. The molecule has 1 aromatic carbocycles. The Balaban J connectivity index is 2.46. The minimum absolute atomic E-state index is 0.143. The largest absolute Gasteiger partial charge is 0.478 e. The Hall–Kier alpha value is -0.970. The zero-order valence-electron chi connectivity index (χ0n) is 8.89. The molecular weight excluding hydrogens is 267 g/mol. The summed E-state index contributed by atoms with van der Waals surface area (Å²) in [6.45, 7) is 1.72. The van der Waals surface area contributed by atoms with E-state index in [2.05, 4.69) is 0 Å². The predicted molar refractivity (Wildman–Crippen MR) is 62.8 cm³/mol. The molecule has 2 atom stereocenters. The summed E-state index contributed by atoms with van der Waals surface area (Å²) in [5, 5.41) is 8.92. The normalized spacial score (nSPS) is 23.1. The highest BCUT2D eigenvalue weighted by Gasteiger charge is 2.31. The molecule has 0 amide bonds. The molecular formula is C11H10Cl2O4. The number of carbonyl (C=O) groups is 1. The van der Waals surface area contributed by atoms with Gasteiger partial charge < -0.3 is 14.6 Å². The zero-order valence-corrected chi connectivity index (χ0v) is 10.4. The van der Waals surface area contributed by atoms with E-state index >= 15 is 0 Å². The van der Waals surface area contributed by atoms with Crippen LogP contribution in [0, 0.1) is 0 Å². The molecule has 0 spiro atoms. The number of hydrogen-bond acceptors (Lipinski definition) is 3. The number of alkyl halides is 2. The lowest BCUT2D eigenvalue weighted by molar-refractivity contribution is -0.124. The number of benzene rings is 1. The maximum Gasteiger partial charge on any atom is 0.335 e. The van der Waals surface area contributed by atoms with Crippen LogP contribution in [0.4, 0.5) is 0 Å². The highest BCUT2D eigenvalue weighted by Crippen LogP contribution is 2.39. The van der Waals surface area contributed by atoms with Crippen molar-refractivity contribution in [2.45, 2.75) is 24.2 Å². The number of fused-ring (bicyclic) bond motifs is 1. The van der Waals surface area contributed by atoms with Crippen LogP contribution in [-0.2, 0) is 4.74 Å². The summed E-state index contributed by atoms with van der Waals surface area (Å²) >= 11 is 11.6. The zero-order chi connectivity index (χ0) is 12.6. The number of rotatable bonds is 2. The molecule has 1 aromatic rings. The van der Waals surface area contributed by atoms with E-state index in [0.29, 0.717) is 11.3 Å². The van der Waals surface area contributed by atoms with Crippen molar-refractivity contribution in [3.63, 3.8) is 0 Å². The number of carboxylic acid groups (broad SMARTS) is 1. The summed E-state index contributed by atoms with van der Waals surface area (Å²) in [7, 11) is 0. The molecule has 1 N–H and O–H groups in total. The smallest absolute Gasteiger partial charge is 0.335 e. The second-order valence-electron chi connectivity index (χ2n) is 3.63. The molecule has 0 fully saturated rings. The molecule has 92 valence electrons. The summed E-state index contributed by atoms with van der Waals surface area (Å²) in [4.78, 5) is 10.1. The van der Waals surface area contributed by atoms with Gasteiger partial charge in [0.25, 0.3) is 0 Å². The molecule has 2 rings (SSSR count). The summed E-state index contributed by atoms with van der Waals surface area (Å²) in [5.41, 5.74) is 0.697. The lowest BCUT2D eigenvalue weighted by Crippen LogP contribution is -2.29. The fraction of sp³-hybridized carbons (Fsp3) is 0.364. The first-order valence-corrected chi connectivity index (χ1v) is 5.84. The van der Waals surface area contributed by atoms with Gasteiger partial charge in [-0.1, -0.05) is 0 Å². The predicted octanol–water partition coefficient (Wildman–Crippen LogP) is 2.98. The standard InChI is InChI=1S/C11H10Cl2O4/c1-5-16-8-3-2-6(11(14)15)4-7(8)9(17-5)10(12)13/h2-5,9-10H,1H3,(H,14,15). The van der Waals surface area contributed by atoms with Crippen molar-refractivity contribution in [1.82, 2.24) is 0 Å². The van der Waals surface area contributed by atoms with Gasteiger partial charge in [-0.3, -0.25) is 0 Å². The van der Waals surface area contributed by atoms with E-state index in [-0.39, 0.29) is 5.56 Å². The van der Waals surface area contributed by atoms with Gasteiger partial charge in [0.05, 0.1) is 5.56 Å². The van der Waals surface area contributed by atoms with E-state index in [1.54, 1.807) is 13.0 Å². The van der Waals surface area contributed by atoms with E-state index in [4.69, 9.17) is 37.8 Å². The minimum atomic E-state index is -1.02. The maximum absolute atomic E-state index is 10.9. The van der Waals surface area contributed by atoms with Gasteiger partial charge in [0.15, 0.2) is 6.29 Å². The second kappa shape index (κ2) is 4.72. The van der Waals surface area contributed by atoms with E-state index in [1.165, 1.54) is 12.1 Å². The Morgan fingerprint density at radius 2 is 2.18 bits per heavy atom. The highest BCUT2D eigenvalue weighted by molar-refractivity contribution is 6.44. The summed E-state index contributed by atoms with van der Waals surface area (Å²) in [6, 6.07) is 4.51. The van der Waals surface area contributed by atoms with Gasteiger partial charge in [-0.05, 0) is 25.1 Å². The van der Waals surface area contributed by atoms with E-state index in [9.17, 15) is 4.79 Å². The van der Waals surface area contributed by atoms with Gasteiger partial charge in [0.1, 0.15) is 16.7 Å². The fourth-order valence-corrected chi connectivity index (χ4v) is 2.08. The Morgan fingerprint density at radius 3 is 2.76 bits per heavy atom. The quantitative estimate of drug-likeness (QED) is 0.844. The molecule has 0 radical (unpaired) electrons. The van der Waals surface area contributed by atoms with Crippen molar-refractivity contribution in [2.75, 3.05) is 0 Å². The Morgan fingerprint density at radius 1 is 1.47 bits per heavy atom. The van der Waals surface area contributed by atoms with E-state index in [0.717, 1.165) is 0 Å². The molecule has 1 heterocycles. The third-order valence-electron chi connectivity index (χ3n) is 2.42. The van der Waals surface area contributed by atoms with Crippen molar-refractivity contribution in [3.05, 3.63) is 29.3 Å². The number of aromatic carboxylic acids is 1. The molecule has 1 aliphatic rings. The first-order valence-electron chi connectivity index (χ1n) is 4.96. The van der Waals surface area contributed by atoms with Crippen molar-refractivity contribution in [1.29, 1.82) is 0 Å². The van der Waals surface area contributed by atoms with Crippen molar-refractivity contribution < 1.29 is 19.4 Å². The monoisotopic (exact) mass is 276 g/mol. The highest BCUT2D eigenvalue weighted by atomic mass is 35.5. The topological polar surface area (TPSA) is 55.8 Å². The van der Waals surface area contributed by atoms with Crippen LogP contribution in [0.15, 0.2) is 18.2 Å². The lowest BCUT2D eigenvalue weighted by Gasteiger charge is -2.31. The number of hydrogen-bond donors (Lipinski definition) is 1. The molecule has 6 heteroatoms. The van der Waals surface area contributed by atoms with Crippen LogP contribution in [0.3, 0.4) is 0 Å². The van der Waals surface area contributed by atoms with Crippen LogP contribution in [-0.4, -0.2) is 22.2 Å². The molecule has 0 aromatic heterocycles. The maximum atomic E-state index is 10.9. The van der Waals surface area contributed by atoms with Gasteiger partial charge in [-0.2, -0.15) is 0 Å². The molecule has 4 nitrogen and oxygen atoms in total. The third-order valence-corrected chi connectivity index (χ3v) is 2.88. The first kappa shape index (κ1) is 12.5. The van der Waals surface area contributed by atoms with Crippen LogP contribution in [0.5, 0.6) is 5.75 Å². The third kappa shape index (κ3) is 2.49. The molecule has 1 aliphatic heterocycles. The van der Waals surface area contributed by atoms with E-state index < -0.39 is 23.2 Å². The van der Waals surface area contributed by atoms with E-state index in [1.807, 2.05) is 0 Å². The lowest BCUT2D eigenvalue weighted by atomic mass is 10.0. The van der Waals surface area contributed by atoms with Crippen molar-refractivity contribution in [3.8, 4) is 5.75 Å². The fourth-order valence-electron chi connectivity index (χ4n) is 1.69. The summed E-state index contributed by atoms with van der Waals surface area (Å²) in [5.74, 6) is -0.476. The molecule has 0 bridgehead atoms. The first-order chi connectivity index (χ1) is 7.99. The number of halogens is 2. The molecule has 17 heavy (non-hydrogen) atoms. The molecule has 2 unspecified atom stereocenters. The van der Waals surface area contributed by atoms with Crippen LogP contribution in [0.1, 0.15) is 28.9 Å². The van der Waals surface area contributed by atoms with Gasteiger partial charge in [0.2, 0.25) is 0 Å². The van der Waals surface area contributed by atoms with Gasteiger partial charge in [-0.15, -0.1) is 23.2 Å². The summed E-state index contributed by atoms with van der Waals surface area (Å²) in [6.07, 6.45) is -1.06. The molecule has 0 saturated carbocycles. The minimum Gasteiger partial charge on any atom is -0.478 e. The summed E-state index contributed by atoms with van der Waals surface area (Å²) < 4.78 is 10.8.